The first kappa shape index (κ1) is 15.1. The molecule has 0 aromatic heterocycles. The summed E-state index contributed by atoms with van der Waals surface area (Å²) in [5, 5.41) is 2.21. The molecule has 102 valence electrons. The summed E-state index contributed by atoms with van der Waals surface area (Å²) in [6.45, 7) is 0. The fourth-order valence-corrected chi connectivity index (χ4v) is 1.92. The van der Waals surface area contributed by atoms with Gasteiger partial charge >= 0.3 is 0 Å². The van der Waals surface area contributed by atoms with Crippen LogP contribution in [0.4, 0.5) is 10.1 Å². The maximum absolute atomic E-state index is 13.5. The molecule has 0 radical (unpaired) electrons. The molecule has 0 fully saturated rings. The van der Waals surface area contributed by atoms with Gasteiger partial charge in [-0.3, -0.25) is 4.79 Å². The largest absolute Gasteiger partial charge is 0.322 e. The van der Waals surface area contributed by atoms with Crippen LogP contribution >= 0.6 is 0 Å². The summed E-state index contributed by atoms with van der Waals surface area (Å²) in [6, 6.07) is 2.12. The van der Waals surface area contributed by atoms with Crippen LogP contribution in [0.1, 0.15) is 6.42 Å². The zero-order valence-electron chi connectivity index (χ0n) is 10.2. The third-order valence-corrected chi connectivity index (χ3v) is 3.41. The van der Waals surface area contributed by atoms with Crippen LogP contribution in [0, 0.1) is 18.2 Å². The average Bonchev–Trinajstić information content (AvgIpc) is 2.30. The minimum Gasteiger partial charge on any atom is -0.322 e. The van der Waals surface area contributed by atoms with E-state index in [1.165, 1.54) is 0 Å². The highest BCUT2D eigenvalue weighted by molar-refractivity contribution is 7.90. The normalized spacial score (nSPS) is 12.5. The summed E-state index contributed by atoms with van der Waals surface area (Å²) in [6.07, 6.45) is 5.99. The van der Waals surface area contributed by atoms with Gasteiger partial charge in [0.25, 0.3) is 0 Å². The maximum Gasteiger partial charge on any atom is 0.242 e. The van der Waals surface area contributed by atoms with Crippen LogP contribution in [-0.4, -0.2) is 26.6 Å². The van der Waals surface area contributed by atoms with Crippen molar-refractivity contribution in [3.05, 3.63) is 24.0 Å². The summed E-state index contributed by atoms with van der Waals surface area (Å²) in [7, 11) is -3.49. The first-order valence-corrected chi connectivity index (χ1v) is 7.14. The molecule has 0 aliphatic carbocycles. The second-order valence-corrected chi connectivity index (χ2v) is 5.93. The van der Waals surface area contributed by atoms with Gasteiger partial charge in [0, 0.05) is 12.7 Å². The number of rotatable bonds is 4. The molecule has 0 heterocycles. The Hall–Kier alpha value is -1.91. The number of hydrogen-bond donors (Lipinski definition) is 2. The molecule has 5 nitrogen and oxygen atoms in total. The first-order chi connectivity index (χ1) is 8.75. The van der Waals surface area contributed by atoms with Gasteiger partial charge in [-0.15, -0.1) is 12.3 Å². The van der Waals surface area contributed by atoms with E-state index in [-0.39, 0.29) is 17.0 Å². The number of carbonyl (C=O) groups is 1. The smallest absolute Gasteiger partial charge is 0.242 e. The summed E-state index contributed by atoms with van der Waals surface area (Å²) in [5.41, 5.74) is 5.20. The second kappa shape index (κ2) is 5.82. The highest BCUT2D eigenvalue weighted by Gasteiger charge is 2.16. The van der Waals surface area contributed by atoms with Crippen molar-refractivity contribution >= 4 is 21.4 Å². The van der Waals surface area contributed by atoms with Gasteiger partial charge in [-0.25, -0.2) is 12.8 Å². The molecule has 0 saturated carbocycles. The van der Waals surface area contributed by atoms with Crippen molar-refractivity contribution in [2.75, 3.05) is 11.6 Å². The number of carbonyl (C=O) groups excluding carboxylic acids is 1. The molecular weight excluding hydrogens is 271 g/mol. The second-order valence-electron chi connectivity index (χ2n) is 3.92. The fraction of sp³-hybridized carbons (Fsp3) is 0.250. The Balaban J connectivity index is 3.02. The van der Waals surface area contributed by atoms with Crippen LogP contribution in [0.2, 0.25) is 0 Å². The van der Waals surface area contributed by atoms with Crippen molar-refractivity contribution < 1.29 is 17.6 Å². The predicted molar refractivity (Wildman–Crippen MR) is 69.6 cm³/mol. The standard InChI is InChI=1S/C12H13FN2O3S/c1-3-4-10(14)12(16)15-11-7-8(19(2,17)18)5-6-9(11)13/h1,5-7,10H,4,14H2,2H3,(H,15,16). The summed E-state index contributed by atoms with van der Waals surface area (Å²) >= 11 is 0. The van der Waals surface area contributed by atoms with Gasteiger partial charge in [-0.1, -0.05) is 0 Å². The van der Waals surface area contributed by atoms with Gasteiger partial charge in [-0.2, -0.15) is 0 Å². The van der Waals surface area contributed by atoms with Crippen LogP contribution < -0.4 is 11.1 Å². The Morgan fingerprint density at radius 1 is 1.58 bits per heavy atom. The van der Waals surface area contributed by atoms with E-state index in [1.807, 2.05) is 0 Å². The topological polar surface area (TPSA) is 89.3 Å². The molecule has 0 aliphatic heterocycles. The molecule has 0 bridgehead atoms. The Morgan fingerprint density at radius 3 is 2.74 bits per heavy atom. The Kier molecular flexibility index (Phi) is 4.64. The number of benzene rings is 1. The number of hydrogen-bond acceptors (Lipinski definition) is 4. The number of terminal acetylenes is 1. The van der Waals surface area contributed by atoms with Crippen LogP contribution in [0.15, 0.2) is 23.1 Å². The summed E-state index contributed by atoms with van der Waals surface area (Å²) in [4.78, 5) is 11.5. The highest BCUT2D eigenvalue weighted by atomic mass is 32.2. The van der Waals surface area contributed by atoms with Gasteiger partial charge in [0.05, 0.1) is 16.6 Å². The third kappa shape index (κ3) is 4.05. The van der Waals surface area contributed by atoms with Gasteiger partial charge in [-0.05, 0) is 18.2 Å². The van der Waals surface area contributed by atoms with E-state index in [0.29, 0.717) is 0 Å². The Labute approximate surface area is 110 Å². The van der Waals surface area contributed by atoms with E-state index in [0.717, 1.165) is 24.5 Å². The molecule has 0 aliphatic rings. The van der Waals surface area contributed by atoms with Crippen molar-refractivity contribution in [3.63, 3.8) is 0 Å². The first-order valence-electron chi connectivity index (χ1n) is 5.25. The lowest BCUT2D eigenvalue weighted by atomic mass is 10.2. The number of anilines is 1. The Morgan fingerprint density at radius 2 is 2.21 bits per heavy atom. The van der Waals surface area contributed by atoms with Crippen molar-refractivity contribution in [3.8, 4) is 12.3 Å². The molecule has 7 heteroatoms. The Bertz CT molecular complexity index is 635. The van der Waals surface area contributed by atoms with Crippen LogP contribution in [-0.2, 0) is 14.6 Å². The monoisotopic (exact) mass is 284 g/mol. The molecule has 1 amide bonds. The van der Waals surface area contributed by atoms with Crippen molar-refractivity contribution in [1.82, 2.24) is 0 Å². The SMILES string of the molecule is C#CCC(N)C(=O)Nc1cc(S(C)(=O)=O)ccc1F. The molecular formula is C12H13FN2O3S. The molecule has 3 N–H and O–H groups in total. The zero-order chi connectivity index (χ0) is 14.6. The van der Waals surface area contributed by atoms with E-state index in [9.17, 15) is 17.6 Å². The van der Waals surface area contributed by atoms with Crippen LogP contribution in [0.5, 0.6) is 0 Å². The van der Waals surface area contributed by atoms with Gasteiger partial charge in [0.15, 0.2) is 9.84 Å². The average molecular weight is 284 g/mol. The molecule has 19 heavy (non-hydrogen) atoms. The quantitative estimate of drug-likeness (QED) is 0.623. The van der Waals surface area contributed by atoms with Crippen molar-refractivity contribution in [1.29, 1.82) is 0 Å². The van der Waals surface area contributed by atoms with Crippen LogP contribution in [0.25, 0.3) is 0 Å². The molecule has 1 unspecified atom stereocenters. The van der Waals surface area contributed by atoms with E-state index < -0.39 is 27.6 Å². The molecule has 0 saturated heterocycles. The van der Waals surface area contributed by atoms with E-state index >= 15 is 0 Å². The third-order valence-electron chi connectivity index (χ3n) is 2.30. The lowest BCUT2D eigenvalue weighted by molar-refractivity contribution is -0.117. The summed E-state index contributed by atoms with van der Waals surface area (Å²) in [5.74, 6) is 0.775. The molecule has 1 atom stereocenters. The number of halogens is 1. The van der Waals surface area contributed by atoms with Crippen molar-refractivity contribution in [2.45, 2.75) is 17.4 Å². The minimum absolute atomic E-state index is 0.000774. The number of amides is 1. The number of nitrogens with two attached hydrogens (primary N) is 1. The van der Waals surface area contributed by atoms with E-state index in [2.05, 4.69) is 11.2 Å². The molecule has 0 spiro atoms. The van der Waals surface area contributed by atoms with Gasteiger partial charge in [0.2, 0.25) is 5.91 Å². The molecule has 1 rings (SSSR count). The number of nitrogens with one attached hydrogen (secondary N) is 1. The summed E-state index contributed by atoms with van der Waals surface area (Å²) < 4.78 is 36.1. The molecule has 1 aromatic carbocycles. The number of sulfone groups is 1. The van der Waals surface area contributed by atoms with E-state index in [1.54, 1.807) is 0 Å². The minimum atomic E-state index is -3.49. The van der Waals surface area contributed by atoms with Crippen molar-refractivity contribution in [2.24, 2.45) is 5.73 Å². The predicted octanol–water partition coefficient (Wildman–Crippen LogP) is 0.518. The maximum atomic E-state index is 13.5. The lowest BCUT2D eigenvalue weighted by Gasteiger charge is -2.11. The lowest BCUT2D eigenvalue weighted by Crippen LogP contribution is -2.35. The molecule has 1 aromatic rings. The van der Waals surface area contributed by atoms with Gasteiger partial charge < -0.3 is 11.1 Å². The van der Waals surface area contributed by atoms with E-state index in [4.69, 9.17) is 12.2 Å². The van der Waals surface area contributed by atoms with Crippen LogP contribution in [0.3, 0.4) is 0 Å². The fourth-order valence-electron chi connectivity index (χ4n) is 1.28. The highest BCUT2D eigenvalue weighted by Crippen LogP contribution is 2.19. The van der Waals surface area contributed by atoms with Gasteiger partial charge in [0.1, 0.15) is 5.82 Å². The zero-order valence-corrected chi connectivity index (χ0v) is 11.0.